The lowest BCUT2D eigenvalue weighted by atomic mass is 10.3. The molecule has 0 spiro atoms. The van der Waals surface area contributed by atoms with Gasteiger partial charge in [-0.3, -0.25) is 0 Å². The lowest BCUT2D eigenvalue weighted by Crippen LogP contribution is -2.00. The largest absolute Gasteiger partial charge is 0.493 e. The molecule has 0 unspecified atom stereocenters. The molecule has 0 aliphatic carbocycles. The van der Waals surface area contributed by atoms with Gasteiger partial charge in [0.15, 0.2) is 5.16 Å². The van der Waals surface area contributed by atoms with E-state index in [9.17, 15) is 4.39 Å². The molecule has 0 radical (unpaired) electrons. The number of hydrogen-bond acceptors (Lipinski definition) is 4. The number of ether oxygens (including phenoxy) is 1. The minimum atomic E-state index is -0.260. The van der Waals surface area contributed by atoms with Crippen LogP contribution in [-0.2, 0) is 0 Å². The molecule has 1 heterocycles. The monoisotopic (exact) mass is 250 g/mol. The molecule has 0 aliphatic heterocycles. The Hall–Kier alpha value is -1.62. The first kappa shape index (κ1) is 11.9. The second-order valence-electron chi connectivity index (χ2n) is 3.18. The molecule has 2 rings (SSSR count). The third-order valence-electron chi connectivity index (χ3n) is 1.94. The maximum absolute atomic E-state index is 12.6. The Bertz CT molecular complexity index is 450. The lowest BCUT2D eigenvalue weighted by molar-refractivity contribution is 0.343. The summed E-state index contributed by atoms with van der Waals surface area (Å²) in [5.41, 5.74) is 0. The first-order chi connectivity index (χ1) is 8.34. The lowest BCUT2D eigenvalue weighted by Gasteiger charge is -2.04. The molecule has 0 aliphatic rings. The minimum Gasteiger partial charge on any atom is -0.493 e. The summed E-state index contributed by atoms with van der Waals surface area (Å²) in [6.45, 7) is 0.536. The molecule has 0 atom stereocenters. The van der Waals surface area contributed by atoms with Crippen LogP contribution in [0.5, 0.6) is 5.75 Å². The molecule has 2 aromatic rings. The van der Waals surface area contributed by atoms with Gasteiger partial charge in [0.05, 0.1) is 6.61 Å². The number of benzene rings is 1. The zero-order valence-corrected chi connectivity index (χ0v) is 9.86. The molecule has 1 aromatic heterocycles. The number of aromatic nitrogens is 2. The fraction of sp³-hybridized carbons (Fsp3) is 0.167. The Labute approximate surface area is 103 Å². The molecule has 0 saturated heterocycles. The quantitative estimate of drug-likeness (QED) is 0.464. The van der Waals surface area contributed by atoms with Crippen molar-refractivity contribution in [2.45, 2.75) is 5.16 Å². The van der Waals surface area contributed by atoms with Crippen LogP contribution in [0.3, 0.4) is 0 Å². The van der Waals surface area contributed by atoms with Crippen LogP contribution in [0.25, 0.3) is 0 Å². The zero-order valence-electron chi connectivity index (χ0n) is 9.04. The smallest absolute Gasteiger partial charge is 0.187 e. The molecular formula is C12H11FN2OS. The van der Waals surface area contributed by atoms with Crippen LogP contribution in [0.1, 0.15) is 0 Å². The molecule has 88 valence electrons. The zero-order chi connectivity index (χ0) is 11.9. The Morgan fingerprint density at radius 1 is 1.12 bits per heavy atom. The summed E-state index contributed by atoms with van der Waals surface area (Å²) in [4.78, 5) is 8.16. The van der Waals surface area contributed by atoms with Crippen molar-refractivity contribution in [3.63, 3.8) is 0 Å². The molecule has 5 heteroatoms. The molecule has 0 amide bonds. The Kier molecular flexibility index (Phi) is 4.32. The summed E-state index contributed by atoms with van der Waals surface area (Å²) < 4.78 is 18.1. The summed E-state index contributed by atoms with van der Waals surface area (Å²) >= 11 is 1.52. The van der Waals surface area contributed by atoms with Gasteiger partial charge in [0.2, 0.25) is 0 Å². The van der Waals surface area contributed by atoms with Gasteiger partial charge in [-0.2, -0.15) is 0 Å². The van der Waals surface area contributed by atoms with E-state index < -0.39 is 0 Å². The van der Waals surface area contributed by atoms with Crippen molar-refractivity contribution in [1.29, 1.82) is 0 Å². The van der Waals surface area contributed by atoms with E-state index in [1.165, 1.54) is 23.9 Å². The van der Waals surface area contributed by atoms with E-state index in [2.05, 4.69) is 9.97 Å². The molecule has 1 aromatic carbocycles. The van der Waals surface area contributed by atoms with Crippen LogP contribution in [0, 0.1) is 5.82 Å². The number of halogens is 1. The van der Waals surface area contributed by atoms with Gasteiger partial charge < -0.3 is 4.74 Å². The standard InChI is InChI=1S/C12H11FN2OS/c13-10-2-4-11(5-3-10)16-8-9-17-12-14-6-1-7-15-12/h1-7H,8-9H2. The fourth-order valence-electron chi connectivity index (χ4n) is 1.18. The van der Waals surface area contributed by atoms with Crippen LogP contribution in [-0.4, -0.2) is 22.3 Å². The number of thioether (sulfide) groups is 1. The van der Waals surface area contributed by atoms with Crippen molar-refractivity contribution in [3.8, 4) is 5.75 Å². The first-order valence-corrected chi connectivity index (χ1v) is 6.11. The van der Waals surface area contributed by atoms with Crippen LogP contribution in [0.15, 0.2) is 47.9 Å². The Balaban J connectivity index is 1.71. The molecular weight excluding hydrogens is 239 g/mol. The van der Waals surface area contributed by atoms with Gasteiger partial charge in [-0.25, -0.2) is 14.4 Å². The topological polar surface area (TPSA) is 35.0 Å². The van der Waals surface area contributed by atoms with Crippen LogP contribution < -0.4 is 4.74 Å². The van der Waals surface area contributed by atoms with Crippen molar-refractivity contribution < 1.29 is 9.13 Å². The van der Waals surface area contributed by atoms with Gasteiger partial charge in [-0.05, 0) is 30.3 Å². The predicted octanol–water partition coefficient (Wildman–Crippen LogP) is 2.79. The third-order valence-corrected chi connectivity index (χ3v) is 2.78. The summed E-state index contributed by atoms with van der Waals surface area (Å²) in [6, 6.07) is 7.75. The summed E-state index contributed by atoms with van der Waals surface area (Å²) in [6.07, 6.45) is 3.41. The number of nitrogens with zero attached hydrogens (tertiary/aromatic N) is 2. The SMILES string of the molecule is Fc1ccc(OCCSc2ncccn2)cc1. The normalized spacial score (nSPS) is 10.2. The average molecular weight is 250 g/mol. The van der Waals surface area contributed by atoms with Crippen molar-refractivity contribution in [2.24, 2.45) is 0 Å². The van der Waals surface area contributed by atoms with Crippen molar-refractivity contribution in [1.82, 2.24) is 9.97 Å². The molecule has 0 fully saturated rings. The number of rotatable bonds is 5. The van der Waals surface area contributed by atoms with Crippen LogP contribution in [0.2, 0.25) is 0 Å². The van der Waals surface area contributed by atoms with Crippen LogP contribution >= 0.6 is 11.8 Å². The first-order valence-electron chi connectivity index (χ1n) is 5.13. The Morgan fingerprint density at radius 2 is 1.82 bits per heavy atom. The van der Waals surface area contributed by atoms with E-state index in [0.717, 1.165) is 10.9 Å². The van der Waals surface area contributed by atoms with Crippen molar-refractivity contribution in [2.75, 3.05) is 12.4 Å². The highest BCUT2D eigenvalue weighted by molar-refractivity contribution is 7.99. The Morgan fingerprint density at radius 3 is 2.53 bits per heavy atom. The molecule has 0 saturated carbocycles. The second kappa shape index (κ2) is 6.20. The van der Waals surface area contributed by atoms with E-state index in [0.29, 0.717) is 12.4 Å². The van der Waals surface area contributed by atoms with Gasteiger partial charge in [0, 0.05) is 18.1 Å². The maximum Gasteiger partial charge on any atom is 0.187 e. The van der Waals surface area contributed by atoms with Crippen LogP contribution in [0.4, 0.5) is 4.39 Å². The molecule has 17 heavy (non-hydrogen) atoms. The van der Waals surface area contributed by atoms with E-state index in [4.69, 9.17) is 4.74 Å². The van der Waals surface area contributed by atoms with E-state index in [1.807, 2.05) is 0 Å². The van der Waals surface area contributed by atoms with E-state index in [1.54, 1.807) is 30.6 Å². The maximum atomic E-state index is 12.6. The predicted molar refractivity (Wildman–Crippen MR) is 64.7 cm³/mol. The van der Waals surface area contributed by atoms with Gasteiger partial charge >= 0.3 is 0 Å². The molecule has 0 N–H and O–H groups in total. The summed E-state index contributed by atoms with van der Waals surface area (Å²) in [5, 5.41) is 0.732. The van der Waals surface area contributed by atoms with Gasteiger partial charge in [0.1, 0.15) is 11.6 Å². The minimum absolute atomic E-state index is 0.260. The summed E-state index contributed by atoms with van der Waals surface area (Å²) in [7, 11) is 0. The highest BCUT2D eigenvalue weighted by Gasteiger charge is 1.97. The number of hydrogen-bond donors (Lipinski definition) is 0. The van der Waals surface area contributed by atoms with Gasteiger partial charge in [-0.1, -0.05) is 11.8 Å². The highest BCUT2D eigenvalue weighted by Crippen LogP contribution is 2.14. The fourth-order valence-corrected chi connectivity index (χ4v) is 1.80. The van der Waals surface area contributed by atoms with E-state index in [-0.39, 0.29) is 5.82 Å². The molecule has 0 bridgehead atoms. The molecule has 3 nitrogen and oxygen atoms in total. The van der Waals surface area contributed by atoms with Gasteiger partial charge in [0.25, 0.3) is 0 Å². The van der Waals surface area contributed by atoms with E-state index >= 15 is 0 Å². The highest BCUT2D eigenvalue weighted by atomic mass is 32.2. The van der Waals surface area contributed by atoms with Gasteiger partial charge in [-0.15, -0.1) is 0 Å². The average Bonchev–Trinajstić information content (AvgIpc) is 2.38. The second-order valence-corrected chi connectivity index (χ2v) is 4.24. The van der Waals surface area contributed by atoms with Crippen molar-refractivity contribution >= 4 is 11.8 Å². The van der Waals surface area contributed by atoms with Crippen molar-refractivity contribution in [3.05, 3.63) is 48.5 Å². The summed E-state index contributed by atoms with van der Waals surface area (Å²) in [5.74, 6) is 1.16. The third kappa shape index (κ3) is 4.03.